The van der Waals surface area contributed by atoms with Crippen molar-refractivity contribution in [2.45, 2.75) is 32.6 Å². The number of rotatable bonds is 5. The molecule has 110 valence electrons. The van der Waals surface area contributed by atoms with E-state index < -0.39 is 0 Å². The Morgan fingerprint density at radius 3 is 2.55 bits per heavy atom. The van der Waals surface area contributed by atoms with Crippen molar-refractivity contribution < 1.29 is 14.3 Å². The summed E-state index contributed by atoms with van der Waals surface area (Å²) in [5.41, 5.74) is 2.57. The second kappa shape index (κ2) is 6.16. The molecule has 0 heterocycles. The third-order valence-corrected chi connectivity index (χ3v) is 3.89. The molecule has 1 N–H and O–H groups in total. The summed E-state index contributed by atoms with van der Waals surface area (Å²) < 4.78 is 10.7. The lowest BCUT2D eigenvalue weighted by molar-refractivity contribution is -0.124. The SMILES string of the molecule is COc1cc2c(cc1OC)C(CNC(=O)C(C)C)CC2. The van der Waals surface area contributed by atoms with Crippen molar-refractivity contribution >= 4 is 5.91 Å². The van der Waals surface area contributed by atoms with Crippen LogP contribution < -0.4 is 14.8 Å². The summed E-state index contributed by atoms with van der Waals surface area (Å²) in [5.74, 6) is 2.04. The van der Waals surface area contributed by atoms with Gasteiger partial charge in [-0.05, 0) is 36.1 Å². The number of nitrogens with one attached hydrogen (secondary N) is 1. The molecule has 0 aliphatic heterocycles. The van der Waals surface area contributed by atoms with Crippen LogP contribution in [0.25, 0.3) is 0 Å². The second-order valence-corrected chi connectivity index (χ2v) is 5.54. The number of aryl methyl sites for hydroxylation is 1. The molecule has 1 aromatic rings. The van der Waals surface area contributed by atoms with Crippen LogP contribution in [0.3, 0.4) is 0 Å². The number of amides is 1. The summed E-state index contributed by atoms with van der Waals surface area (Å²) in [4.78, 5) is 11.7. The maximum atomic E-state index is 11.7. The van der Waals surface area contributed by atoms with Gasteiger partial charge in [-0.15, -0.1) is 0 Å². The van der Waals surface area contributed by atoms with E-state index in [0.29, 0.717) is 12.5 Å². The Hall–Kier alpha value is -1.71. The fourth-order valence-electron chi connectivity index (χ4n) is 2.66. The van der Waals surface area contributed by atoms with Gasteiger partial charge in [-0.1, -0.05) is 13.8 Å². The van der Waals surface area contributed by atoms with Crippen LogP contribution in [0.1, 0.15) is 37.3 Å². The zero-order valence-corrected chi connectivity index (χ0v) is 12.7. The predicted octanol–water partition coefficient (Wildman–Crippen LogP) is 2.51. The highest BCUT2D eigenvalue weighted by atomic mass is 16.5. The number of methoxy groups -OCH3 is 2. The number of ether oxygens (including phenoxy) is 2. The fourth-order valence-corrected chi connectivity index (χ4v) is 2.66. The van der Waals surface area contributed by atoms with Gasteiger partial charge in [0.2, 0.25) is 5.91 Å². The number of fused-ring (bicyclic) bond motifs is 1. The first kappa shape index (κ1) is 14.7. The molecule has 0 bridgehead atoms. The Morgan fingerprint density at radius 1 is 1.30 bits per heavy atom. The van der Waals surface area contributed by atoms with Crippen LogP contribution in [0, 0.1) is 5.92 Å². The Balaban J connectivity index is 2.13. The van der Waals surface area contributed by atoms with E-state index in [1.165, 1.54) is 11.1 Å². The molecule has 4 nitrogen and oxygen atoms in total. The molecule has 0 saturated carbocycles. The van der Waals surface area contributed by atoms with Gasteiger partial charge in [-0.3, -0.25) is 4.79 Å². The number of hydrogen-bond donors (Lipinski definition) is 1. The number of carbonyl (C=O) groups excluding carboxylic acids is 1. The first-order valence-electron chi connectivity index (χ1n) is 7.09. The monoisotopic (exact) mass is 277 g/mol. The first-order chi connectivity index (χ1) is 9.56. The molecule has 0 fully saturated rings. The van der Waals surface area contributed by atoms with Crippen molar-refractivity contribution in [1.29, 1.82) is 0 Å². The zero-order valence-electron chi connectivity index (χ0n) is 12.7. The summed E-state index contributed by atoms with van der Waals surface area (Å²) in [5, 5.41) is 3.02. The zero-order chi connectivity index (χ0) is 14.7. The highest BCUT2D eigenvalue weighted by Crippen LogP contribution is 2.40. The minimum Gasteiger partial charge on any atom is -0.493 e. The van der Waals surface area contributed by atoms with Gasteiger partial charge >= 0.3 is 0 Å². The van der Waals surface area contributed by atoms with Crippen molar-refractivity contribution in [3.63, 3.8) is 0 Å². The molecule has 0 aromatic heterocycles. The molecule has 2 rings (SSSR count). The van der Waals surface area contributed by atoms with E-state index in [1.54, 1.807) is 14.2 Å². The van der Waals surface area contributed by atoms with Gasteiger partial charge in [-0.25, -0.2) is 0 Å². The molecular weight excluding hydrogens is 254 g/mol. The van der Waals surface area contributed by atoms with Crippen molar-refractivity contribution in [1.82, 2.24) is 5.32 Å². The minimum atomic E-state index is 0.0290. The van der Waals surface area contributed by atoms with Gasteiger partial charge in [0.1, 0.15) is 0 Å². The van der Waals surface area contributed by atoms with Crippen LogP contribution in [-0.4, -0.2) is 26.7 Å². The van der Waals surface area contributed by atoms with Crippen LogP contribution in [0.5, 0.6) is 11.5 Å². The second-order valence-electron chi connectivity index (χ2n) is 5.54. The lowest BCUT2D eigenvalue weighted by Crippen LogP contribution is -2.31. The maximum Gasteiger partial charge on any atom is 0.222 e. The van der Waals surface area contributed by atoms with Gasteiger partial charge < -0.3 is 14.8 Å². The van der Waals surface area contributed by atoms with E-state index in [-0.39, 0.29) is 11.8 Å². The summed E-state index contributed by atoms with van der Waals surface area (Å²) in [7, 11) is 3.30. The topological polar surface area (TPSA) is 47.6 Å². The molecule has 1 aliphatic rings. The molecule has 0 radical (unpaired) electrons. The Kier molecular flexibility index (Phi) is 4.53. The summed E-state index contributed by atoms with van der Waals surface area (Å²) >= 11 is 0. The standard InChI is InChI=1S/C16H23NO3/c1-10(2)16(18)17-9-12-6-5-11-7-14(19-3)15(20-4)8-13(11)12/h7-8,10,12H,5-6,9H2,1-4H3,(H,17,18). The number of hydrogen-bond acceptors (Lipinski definition) is 3. The largest absolute Gasteiger partial charge is 0.493 e. The van der Waals surface area contributed by atoms with E-state index >= 15 is 0 Å². The normalized spacial score (nSPS) is 16.9. The van der Waals surface area contributed by atoms with E-state index in [4.69, 9.17) is 9.47 Å². The van der Waals surface area contributed by atoms with Crippen molar-refractivity contribution in [3.8, 4) is 11.5 Å². The lowest BCUT2D eigenvalue weighted by atomic mass is 10.0. The molecular formula is C16H23NO3. The highest BCUT2D eigenvalue weighted by molar-refractivity contribution is 5.77. The van der Waals surface area contributed by atoms with Gasteiger partial charge in [-0.2, -0.15) is 0 Å². The summed E-state index contributed by atoms with van der Waals surface area (Å²) in [6, 6.07) is 4.10. The van der Waals surface area contributed by atoms with Crippen LogP contribution in [-0.2, 0) is 11.2 Å². The van der Waals surface area contributed by atoms with Crippen molar-refractivity contribution in [3.05, 3.63) is 23.3 Å². The molecule has 1 unspecified atom stereocenters. The van der Waals surface area contributed by atoms with Gasteiger partial charge in [0.15, 0.2) is 11.5 Å². The van der Waals surface area contributed by atoms with Crippen LogP contribution in [0.15, 0.2) is 12.1 Å². The average molecular weight is 277 g/mol. The van der Waals surface area contributed by atoms with E-state index in [9.17, 15) is 4.79 Å². The lowest BCUT2D eigenvalue weighted by Gasteiger charge is -2.16. The molecule has 0 spiro atoms. The van der Waals surface area contributed by atoms with Crippen LogP contribution in [0.2, 0.25) is 0 Å². The van der Waals surface area contributed by atoms with E-state index in [1.807, 2.05) is 19.9 Å². The van der Waals surface area contributed by atoms with Gasteiger partial charge in [0.25, 0.3) is 0 Å². The smallest absolute Gasteiger partial charge is 0.222 e. The molecule has 1 aliphatic carbocycles. The molecule has 1 atom stereocenters. The minimum absolute atomic E-state index is 0.0290. The van der Waals surface area contributed by atoms with Crippen molar-refractivity contribution in [2.24, 2.45) is 5.92 Å². The Bertz CT molecular complexity index is 497. The van der Waals surface area contributed by atoms with E-state index in [0.717, 1.165) is 24.3 Å². The molecule has 20 heavy (non-hydrogen) atoms. The fraction of sp³-hybridized carbons (Fsp3) is 0.562. The highest BCUT2D eigenvalue weighted by Gasteiger charge is 2.25. The first-order valence-corrected chi connectivity index (χ1v) is 7.09. The van der Waals surface area contributed by atoms with Gasteiger partial charge in [0.05, 0.1) is 14.2 Å². The Morgan fingerprint density at radius 2 is 1.95 bits per heavy atom. The van der Waals surface area contributed by atoms with Crippen molar-refractivity contribution in [2.75, 3.05) is 20.8 Å². The maximum absolute atomic E-state index is 11.7. The third-order valence-electron chi connectivity index (χ3n) is 3.89. The number of benzene rings is 1. The molecule has 1 amide bonds. The summed E-state index contributed by atoms with van der Waals surface area (Å²) in [6.45, 7) is 4.51. The Labute approximate surface area is 120 Å². The molecule has 1 aromatic carbocycles. The number of carbonyl (C=O) groups is 1. The average Bonchev–Trinajstić information content (AvgIpc) is 2.84. The van der Waals surface area contributed by atoms with Crippen LogP contribution in [0.4, 0.5) is 0 Å². The predicted molar refractivity (Wildman–Crippen MR) is 78.5 cm³/mol. The summed E-state index contributed by atoms with van der Waals surface area (Å²) in [6.07, 6.45) is 2.09. The van der Waals surface area contributed by atoms with Gasteiger partial charge in [0, 0.05) is 18.4 Å². The molecule has 4 heteroatoms. The molecule has 0 saturated heterocycles. The quantitative estimate of drug-likeness (QED) is 0.899. The third kappa shape index (κ3) is 2.89. The van der Waals surface area contributed by atoms with E-state index in [2.05, 4.69) is 11.4 Å². The van der Waals surface area contributed by atoms with Crippen LogP contribution >= 0.6 is 0 Å².